The summed E-state index contributed by atoms with van der Waals surface area (Å²) in [5, 5.41) is 3.00. The Labute approximate surface area is 175 Å². The van der Waals surface area contributed by atoms with Gasteiger partial charge in [-0.15, -0.1) is 0 Å². The molecule has 0 spiro atoms. The van der Waals surface area contributed by atoms with E-state index in [1.165, 1.54) is 16.1 Å². The van der Waals surface area contributed by atoms with E-state index in [2.05, 4.69) is 38.2 Å². The molecule has 1 atom stereocenters. The fourth-order valence-electron chi connectivity index (χ4n) is 3.13. The predicted octanol–water partition coefficient (Wildman–Crippen LogP) is 4.41. The lowest BCUT2D eigenvalue weighted by Crippen LogP contribution is -2.32. The van der Waals surface area contributed by atoms with Gasteiger partial charge in [0.15, 0.2) is 0 Å². The predicted molar refractivity (Wildman–Crippen MR) is 120 cm³/mol. The average Bonchev–Trinajstić information content (AvgIpc) is 2.64. The Hall–Kier alpha value is -2.34. The highest BCUT2D eigenvalue weighted by Gasteiger charge is 2.18. The molecule has 158 valence electrons. The molecule has 0 aromatic heterocycles. The largest absolute Gasteiger partial charge is 0.350 e. The van der Waals surface area contributed by atoms with Crippen molar-refractivity contribution in [3.05, 3.63) is 65.7 Å². The van der Waals surface area contributed by atoms with E-state index in [4.69, 9.17) is 0 Å². The second-order valence-corrected chi connectivity index (χ2v) is 10.3. The van der Waals surface area contributed by atoms with Crippen molar-refractivity contribution < 1.29 is 13.2 Å². The Morgan fingerprint density at radius 2 is 1.62 bits per heavy atom. The monoisotopic (exact) mass is 416 g/mol. The summed E-state index contributed by atoms with van der Waals surface area (Å²) >= 11 is 0. The lowest BCUT2D eigenvalue weighted by molar-refractivity contribution is -0.121. The molecule has 0 unspecified atom stereocenters. The van der Waals surface area contributed by atoms with Gasteiger partial charge in [-0.2, -0.15) is 0 Å². The molecule has 1 N–H and O–H groups in total. The first-order valence-electron chi connectivity index (χ1n) is 9.91. The van der Waals surface area contributed by atoms with E-state index < -0.39 is 10.0 Å². The van der Waals surface area contributed by atoms with E-state index in [0.717, 1.165) is 5.56 Å². The van der Waals surface area contributed by atoms with Gasteiger partial charge in [-0.25, -0.2) is 8.42 Å². The molecule has 6 heteroatoms. The van der Waals surface area contributed by atoms with E-state index in [1.54, 1.807) is 24.3 Å². The molecule has 1 amide bonds. The van der Waals surface area contributed by atoms with Crippen molar-refractivity contribution in [1.29, 1.82) is 0 Å². The number of hydrogen-bond donors (Lipinski definition) is 1. The fraction of sp³-hybridized carbons (Fsp3) is 0.435. The highest BCUT2D eigenvalue weighted by atomic mass is 32.2. The number of carbonyl (C=O) groups excluding carboxylic acids is 1. The van der Waals surface area contributed by atoms with Crippen molar-refractivity contribution in [3.8, 4) is 0 Å². The number of anilines is 1. The molecule has 5 nitrogen and oxygen atoms in total. The smallest absolute Gasteiger partial charge is 0.232 e. The van der Waals surface area contributed by atoms with Crippen LogP contribution in [0.1, 0.15) is 57.7 Å². The highest BCUT2D eigenvalue weighted by Crippen LogP contribution is 2.24. The summed E-state index contributed by atoms with van der Waals surface area (Å²) in [5.41, 5.74) is 3.01. The van der Waals surface area contributed by atoms with Gasteiger partial charge in [-0.05, 0) is 42.0 Å². The first kappa shape index (κ1) is 22.9. The molecular formula is C23H32N2O3S. The van der Waals surface area contributed by atoms with Crippen molar-refractivity contribution in [2.24, 2.45) is 0 Å². The van der Waals surface area contributed by atoms with Crippen LogP contribution in [0.25, 0.3) is 0 Å². The van der Waals surface area contributed by atoms with Crippen molar-refractivity contribution in [2.45, 2.75) is 52.0 Å². The zero-order chi connectivity index (χ0) is 21.7. The maximum Gasteiger partial charge on any atom is 0.232 e. The van der Waals surface area contributed by atoms with Gasteiger partial charge in [-0.3, -0.25) is 9.10 Å². The van der Waals surface area contributed by atoms with Gasteiger partial charge in [0.25, 0.3) is 0 Å². The van der Waals surface area contributed by atoms with Gasteiger partial charge in [0.2, 0.25) is 15.9 Å². The molecule has 0 saturated carbocycles. The number of nitrogens with one attached hydrogen (secondary N) is 1. The van der Waals surface area contributed by atoms with Gasteiger partial charge in [0, 0.05) is 13.0 Å². The van der Waals surface area contributed by atoms with Crippen LogP contribution in [0, 0.1) is 0 Å². The van der Waals surface area contributed by atoms with Gasteiger partial charge < -0.3 is 5.32 Å². The third-order valence-electron chi connectivity index (χ3n) is 4.86. The second kappa shape index (κ2) is 9.44. The van der Waals surface area contributed by atoms with Crippen LogP contribution < -0.4 is 9.62 Å². The van der Waals surface area contributed by atoms with Crippen LogP contribution in [-0.2, 0) is 20.2 Å². The first-order valence-corrected chi connectivity index (χ1v) is 11.8. The topological polar surface area (TPSA) is 66.5 Å². The molecule has 0 radical (unpaired) electrons. The number of rotatable bonds is 8. The Morgan fingerprint density at radius 1 is 1.03 bits per heavy atom. The highest BCUT2D eigenvalue weighted by molar-refractivity contribution is 7.92. The van der Waals surface area contributed by atoms with Gasteiger partial charge in [0.1, 0.15) is 0 Å². The van der Waals surface area contributed by atoms with Crippen LogP contribution in [0.4, 0.5) is 5.69 Å². The molecule has 0 aliphatic rings. The van der Waals surface area contributed by atoms with Crippen LogP contribution in [0.5, 0.6) is 0 Å². The van der Waals surface area contributed by atoms with Crippen LogP contribution in [-0.4, -0.2) is 27.1 Å². The Morgan fingerprint density at radius 3 is 2.14 bits per heavy atom. The van der Waals surface area contributed by atoms with Crippen LogP contribution in [0.3, 0.4) is 0 Å². The van der Waals surface area contributed by atoms with E-state index in [9.17, 15) is 13.2 Å². The number of benzene rings is 2. The molecule has 2 aromatic rings. The number of amides is 1. The zero-order valence-corrected chi connectivity index (χ0v) is 18.8. The molecule has 0 aliphatic carbocycles. The lowest BCUT2D eigenvalue weighted by Gasteiger charge is -2.22. The molecule has 29 heavy (non-hydrogen) atoms. The quantitative estimate of drug-likeness (QED) is 0.693. The molecule has 0 heterocycles. The molecular weight excluding hydrogens is 384 g/mol. The number of sulfonamides is 1. The van der Waals surface area contributed by atoms with Crippen molar-refractivity contribution >= 4 is 21.6 Å². The van der Waals surface area contributed by atoms with Gasteiger partial charge >= 0.3 is 0 Å². The summed E-state index contributed by atoms with van der Waals surface area (Å²) in [6, 6.07) is 17.1. The standard InChI is InChI=1S/C23H32N2O3S/c1-18(19-13-15-20(16-14-19)23(2,3)4)24-22(26)12-9-17-25(29(5,27)28)21-10-7-6-8-11-21/h6-8,10-11,13-16,18H,9,12,17H2,1-5H3,(H,24,26)/t18-/m0/s1. The minimum Gasteiger partial charge on any atom is -0.350 e. The van der Waals surface area contributed by atoms with E-state index >= 15 is 0 Å². The van der Waals surface area contributed by atoms with Gasteiger partial charge in [-0.1, -0.05) is 63.2 Å². The maximum atomic E-state index is 12.3. The summed E-state index contributed by atoms with van der Waals surface area (Å²) in [6.45, 7) is 8.73. The minimum atomic E-state index is -3.40. The molecule has 2 aromatic carbocycles. The normalized spacial score (nSPS) is 13.0. The van der Waals surface area contributed by atoms with Crippen molar-refractivity contribution in [1.82, 2.24) is 5.32 Å². The summed E-state index contributed by atoms with van der Waals surface area (Å²) in [6.07, 6.45) is 1.90. The number of hydrogen-bond acceptors (Lipinski definition) is 3. The SMILES string of the molecule is C[C@H](NC(=O)CCCN(c1ccccc1)S(C)(=O)=O)c1ccc(C(C)(C)C)cc1. The lowest BCUT2D eigenvalue weighted by atomic mass is 9.86. The summed E-state index contributed by atoms with van der Waals surface area (Å²) in [7, 11) is -3.40. The van der Waals surface area contributed by atoms with Crippen molar-refractivity contribution in [3.63, 3.8) is 0 Å². The van der Waals surface area contributed by atoms with E-state index in [0.29, 0.717) is 12.1 Å². The minimum absolute atomic E-state index is 0.0843. The van der Waals surface area contributed by atoms with E-state index in [-0.39, 0.29) is 30.3 Å². The summed E-state index contributed by atoms with van der Waals surface area (Å²) < 4.78 is 25.5. The Balaban J connectivity index is 1.90. The second-order valence-electron chi connectivity index (χ2n) is 8.44. The number of nitrogens with zero attached hydrogens (tertiary/aromatic N) is 1. The summed E-state index contributed by atoms with van der Waals surface area (Å²) in [4.78, 5) is 12.3. The average molecular weight is 417 g/mol. The molecule has 0 saturated heterocycles. The third-order valence-corrected chi connectivity index (χ3v) is 6.06. The third kappa shape index (κ3) is 6.89. The van der Waals surface area contributed by atoms with Crippen LogP contribution in [0.15, 0.2) is 54.6 Å². The van der Waals surface area contributed by atoms with Crippen LogP contribution in [0.2, 0.25) is 0 Å². The van der Waals surface area contributed by atoms with Crippen molar-refractivity contribution in [2.75, 3.05) is 17.1 Å². The summed E-state index contributed by atoms with van der Waals surface area (Å²) in [5.74, 6) is -0.0843. The maximum absolute atomic E-state index is 12.3. The fourth-order valence-corrected chi connectivity index (χ4v) is 4.10. The first-order chi connectivity index (χ1) is 13.5. The van der Waals surface area contributed by atoms with E-state index in [1.807, 2.05) is 25.1 Å². The van der Waals surface area contributed by atoms with Gasteiger partial charge in [0.05, 0.1) is 18.0 Å². The number of para-hydroxylation sites is 1. The molecule has 0 fully saturated rings. The number of carbonyl (C=O) groups is 1. The molecule has 0 aliphatic heterocycles. The molecule has 0 bridgehead atoms. The zero-order valence-electron chi connectivity index (χ0n) is 18.0. The Bertz CT molecular complexity index is 901. The molecule has 2 rings (SSSR count). The van der Waals surface area contributed by atoms with Crippen LogP contribution >= 0.6 is 0 Å². The Kier molecular flexibility index (Phi) is 7.47.